The van der Waals surface area contributed by atoms with Crippen LogP contribution in [0.2, 0.25) is 0 Å². The van der Waals surface area contributed by atoms with Crippen molar-refractivity contribution in [2.75, 3.05) is 0 Å². The first kappa shape index (κ1) is 12.5. The summed E-state index contributed by atoms with van der Waals surface area (Å²) in [5.74, 6) is 2.65. The molecule has 0 aliphatic rings. The van der Waals surface area contributed by atoms with E-state index in [1.807, 2.05) is 26.9 Å². The molecule has 0 heterocycles. The number of phosphoric ester groups is 1. The van der Waals surface area contributed by atoms with Gasteiger partial charge < -0.3 is 4.52 Å². The maximum absolute atomic E-state index is 10.2. The molecule has 0 unspecified atom stereocenters. The lowest BCUT2D eigenvalue weighted by Crippen LogP contribution is -2.06. The van der Waals surface area contributed by atoms with E-state index in [-0.39, 0.29) is 5.41 Å². The molecule has 0 radical (unpaired) electrons. The molecule has 4 nitrogen and oxygen atoms in total. The predicted molar refractivity (Wildman–Crippen MR) is 49.6 cm³/mol. The third-order valence-corrected chi connectivity index (χ3v) is 1.76. The minimum absolute atomic E-state index is 0.260. The second kappa shape index (κ2) is 4.66. The second-order valence-corrected chi connectivity index (χ2v) is 4.61. The molecule has 0 rings (SSSR count). The molecule has 0 aromatic carbocycles. The van der Waals surface area contributed by atoms with Crippen LogP contribution in [0.15, 0.2) is 0 Å². The summed E-state index contributed by atoms with van der Waals surface area (Å²) in [4.78, 5) is 16.7. The SMILES string of the molecule is CCCC(C)(C)C#COP(=O)(O)O. The highest BCUT2D eigenvalue weighted by Crippen LogP contribution is 2.35. The molecule has 13 heavy (non-hydrogen) atoms. The average molecular weight is 206 g/mol. The fraction of sp³-hybridized carbons (Fsp3) is 0.750. The molecule has 0 aromatic rings. The van der Waals surface area contributed by atoms with Crippen molar-refractivity contribution in [2.24, 2.45) is 5.41 Å². The normalized spacial score (nSPS) is 11.8. The molecular formula is C8H15O4P. The largest absolute Gasteiger partial charge is 0.533 e. The van der Waals surface area contributed by atoms with E-state index in [2.05, 4.69) is 10.4 Å². The maximum atomic E-state index is 10.2. The molecule has 0 amide bonds. The zero-order valence-corrected chi connectivity index (χ0v) is 8.97. The zero-order chi connectivity index (χ0) is 10.5. The summed E-state index contributed by atoms with van der Waals surface area (Å²) in [5.41, 5.74) is -0.260. The van der Waals surface area contributed by atoms with E-state index in [4.69, 9.17) is 9.79 Å². The molecule has 0 fully saturated rings. The summed E-state index contributed by atoms with van der Waals surface area (Å²) in [6, 6.07) is 0. The molecule has 0 aliphatic carbocycles. The topological polar surface area (TPSA) is 66.8 Å². The van der Waals surface area contributed by atoms with Gasteiger partial charge in [-0.15, -0.1) is 0 Å². The van der Waals surface area contributed by atoms with E-state index in [0.29, 0.717) is 0 Å². The molecule has 76 valence electrons. The molecule has 0 atom stereocenters. The van der Waals surface area contributed by atoms with Crippen LogP contribution in [0.5, 0.6) is 0 Å². The Hall–Kier alpha value is -0.490. The van der Waals surface area contributed by atoms with Crippen molar-refractivity contribution in [3.8, 4) is 12.0 Å². The molecule has 0 spiro atoms. The van der Waals surface area contributed by atoms with Gasteiger partial charge in [0.25, 0.3) is 0 Å². The summed E-state index contributed by atoms with van der Waals surface area (Å²) in [6.07, 6.45) is 3.87. The molecule has 5 heteroatoms. The average Bonchev–Trinajstić information content (AvgIpc) is 1.82. The highest BCUT2D eigenvalue weighted by molar-refractivity contribution is 7.46. The Morgan fingerprint density at radius 3 is 2.38 bits per heavy atom. The van der Waals surface area contributed by atoms with Crippen LogP contribution in [0, 0.1) is 17.4 Å². The van der Waals surface area contributed by atoms with Crippen molar-refractivity contribution in [2.45, 2.75) is 33.6 Å². The smallest absolute Gasteiger partial charge is 0.350 e. The van der Waals surface area contributed by atoms with Crippen LogP contribution >= 0.6 is 7.82 Å². The number of rotatable bonds is 3. The van der Waals surface area contributed by atoms with Crippen LogP contribution in [-0.4, -0.2) is 9.79 Å². The lowest BCUT2D eigenvalue weighted by atomic mass is 9.89. The standard InChI is InChI=1S/C8H15O4P/c1-4-5-8(2,3)6-7-12-13(9,10)11/h4-5H2,1-3H3,(H2,9,10,11). The third kappa shape index (κ3) is 7.86. The van der Waals surface area contributed by atoms with Crippen molar-refractivity contribution < 1.29 is 18.9 Å². The van der Waals surface area contributed by atoms with Gasteiger partial charge in [-0.3, -0.25) is 9.79 Å². The Morgan fingerprint density at radius 1 is 1.46 bits per heavy atom. The van der Waals surface area contributed by atoms with Gasteiger partial charge in [0, 0.05) is 5.41 Å². The molecule has 0 saturated carbocycles. The molecule has 0 bridgehead atoms. The Morgan fingerprint density at radius 2 is 2.00 bits per heavy atom. The number of hydrogen-bond acceptors (Lipinski definition) is 2. The first-order chi connectivity index (χ1) is 5.77. The van der Waals surface area contributed by atoms with Crippen molar-refractivity contribution in [1.82, 2.24) is 0 Å². The second-order valence-electron chi connectivity index (χ2n) is 3.44. The Bertz CT molecular complexity index is 255. The summed E-state index contributed by atoms with van der Waals surface area (Å²) >= 11 is 0. The van der Waals surface area contributed by atoms with Crippen LogP contribution in [-0.2, 0) is 9.09 Å². The minimum atomic E-state index is -4.44. The van der Waals surface area contributed by atoms with Gasteiger partial charge >= 0.3 is 7.82 Å². The van der Waals surface area contributed by atoms with Crippen LogP contribution < -0.4 is 0 Å². The summed E-state index contributed by atoms with van der Waals surface area (Å²) in [5, 5.41) is 0. The summed E-state index contributed by atoms with van der Waals surface area (Å²) in [7, 11) is -4.44. The molecule has 0 aliphatic heterocycles. The maximum Gasteiger partial charge on any atom is 0.533 e. The summed E-state index contributed by atoms with van der Waals surface area (Å²) < 4.78 is 14.3. The molecule has 0 aromatic heterocycles. The molecular weight excluding hydrogens is 191 g/mol. The first-order valence-corrected chi connectivity index (χ1v) is 5.56. The highest BCUT2D eigenvalue weighted by atomic mass is 31.2. The van der Waals surface area contributed by atoms with Crippen molar-refractivity contribution in [3.05, 3.63) is 0 Å². The first-order valence-electron chi connectivity index (χ1n) is 4.03. The van der Waals surface area contributed by atoms with Crippen molar-refractivity contribution in [3.63, 3.8) is 0 Å². The van der Waals surface area contributed by atoms with E-state index >= 15 is 0 Å². The van der Waals surface area contributed by atoms with Gasteiger partial charge in [-0.25, -0.2) is 4.57 Å². The lowest BCUT2D eigenvalue weighted by molar-refractivity contribution is 0.268. The van der Waals surface area contributed by atoms with Gasteiger partial charge in [-0.05, 0) is 20.3 Å². The Kier molecular flexibility index (Phi) is 4.49. The number of hydrogen-bond donors (Lipinski definition) is 2. The predicted octanol–water partition coefficient (Wildman–Crippen LogP) is 1.88. The highest BCUT2D eigenvalue weighted by Gasteiger charge is 2.15. The van der Waals surface area contributed by atoms with Gasteiger partial charge in [0.15, 0.2) is 0 Å². The fourth-order valence-electron chi connectivity index (χ4n) is 0.908. The fourth-order valence-corrected chi connectivity index (χ4v) is 1.07. The van der Waals surface area contributed by atoms with Crippen molar-refractivity contribution in [1.29, 1.82) is 0 Å². The van der Waals surface area contributed by atoms with E-state index in [1.165, 1.54) is 0 Å². The Balaban J connectivity index is 4.17. The van der Waals surface area contributed by atoms with Gasteiger partial charge in [-0.1, -0.05) is 19.3 Å². The van der Waals surface area contributed by atoms with Crippen LogP contribution in [0.1, 0.15) is 33.6 Å². The van der Waals surface area contributed by atoms with E-state index in [0.717, 1.165) is 12.8 Å². The third-order valence-electron chi connectivity index (χ3n) is 1.43. The Labute approximate surface area is 78.5 Å². The van der Waals surface area contributed by atoms with Crippen molar-refractivity contribution >= 4 is 7.82 Å². The minimum Gasteiger partial charge on any atom is -0.350 e. The van der Waals surface area contributed by atoms with Gasteiger partial charge in [0.05, 0.1) is 0 Å². The van der Waals surface area contributed by atoms with Crippen LogP contribution in [0.4, 0.5) is 0 Å². The quantitative estimate of drug-likeness (QED) is 0.546. The molecule has 0 saturated heterocycles. The lowest BCUT2D eigenvalue weighted by Gasteiger charge is -2.14. The van der Waals surface area contributed by atoms with Crippen LogP contribution in [0.25, 0.3) is 0 Å². The van der Waals surface area contributed by atoms with Gasteiger partial charge in [-0.2, -0.15) is 0 Å². The van der Waals surface area contributed by atoms with Crippen LogP contribution in [0.3, 0.4) is 0 Å². The summed E-state index contributed by atoms with van der Waals surface area (Å²) in [6.45, 7) is 5.81. The van der Waals surface area contributed by atoms with E-state index in [9.17, 15) is 4.57 Å². The monoisotopic (exact) mass is 206 g/mol. The molecule has 2 N–H and O–H groups in total. The zero-order valence-electron chi connectivity index (χ0n) is 8.07. The van der Waals surface area contributed by atoms with Gasteiger partial charge in [0.1, 0.15) is 6.11 Å². The number of phosphoric acid groups is 1. The van der Waals surface area contributed by atoms with E-state index in [1.54, 1.807) is 0 Å². The van der Waals surface area contributed by atoms with Gasteiger partial charge in [0.2, 0.25) is 0 Å². The van der Waals surface area contributed by atoms with E-state index < -0.39 is 7.82 Å².